The SMILES string of the molecule is CCn1ncc(Cl)c1C(=O)C(C)(N)c1ccccc1. The van der Waals surface area contributed by atoms with Crippen molar-refractivity contribution in [1.29, 1.82) is 0 Å². The summed E-state index contributed by atoms with van der Waals surface area (Å²) in [6, 6.07) is 9.25. The van der Waals surface area contributed by atoms with E-state index >= 15 is 0 Å². The summed E-state index contributed by atoms with van der Waals surface area (Å²) in [4.78, 5) is 12.7. The van der Waals surface area contributed by atoms with Crippen LogP contribution in [0.25, 0.3) is 0 Å². The van der Waals surface area contributed by atoms with Gasteiger partial charge in [0.2, 0.25) is 5.78 Å². The van der Waals surface area contributed by atoms with E-state index in [-0.39, 0.29) is 5.78 Å². The Hall–Kier alpha value is -1.65. The van der Waals surface area contributed by atoms with Crippen molar-refractivity contribution in [1.82, 2.24) is 9.78 Å². The Morgan fingerprint density at radius 1 is 1.42 bits per heavy atom. The second-order valence-electron chi connectivity index (χ2n) is 4.55. The largest absolute Gasteiger partial charge is 0.315 e. The molecule has 1 heterocycles. The highest BCUT2D eigenvalue weighted by Crippen LogP contribution is 2.26. The van der Waals surface area contributed by atoms with Crippen molar-refractivity contribution in [2.24, 2.45) is 5.73 Å². The first-order valence-corrected chi connectivity index (χ1v) is 6.46. The monoisotopic (exact) mass is 277 g/mol. The van der Waals surface area contributed by atoms with Gasteiger partial charge in [0, 0.05) is 6.54 Å². The van der Waals surface area contributed by atoms with Crippen LogP contribution in [0.3, 0.4) is 0 Å². The Balaban J connectivity index is 2.46. The van der Waals surface area contributed by atoms with Crippen molar-refractivity contribution >= 4 is 17.4 Å². The fraction of sp³-hybridized carbons (Fsp3) is 0.286. The van der Waals surface area contributed by atoms with Crippen molar-refractivity contribution in [3.63, 3.8) is 0 Å². The smallest absolute Gasteiger partial charge is 0.206 e. The third-order valence-electron chi connectivity index (χ3n) is 3.15. The maximum absolute atomic E-state index is 12.7. The fourth-order valence-corrected chi connectivity index (χ4v) is 2.22. The number of rotatable bonds is 4. The molecule has 1 aromatic heterocycles. The number of Topliss-reactive ketones (excluding diaryl/α,β-unsaturated/α-hetero) is 1. The van der Waals surface area contributed by atoms with Crippen molar-refractivity contribution in [3.8, 4) is 0 Å². The summed E-state index contributed by atoms with van der Waals surface area (Å²) >= 11 is 6.05. The second kappa shape index (κ2) is 5.15. The Kier molecular flexibility index (Phi) is 3.73. The van der Waals surface area contributed by atoms with Gasteiger partial charge in [0.15, 0.2) is 0 Å². The Morgan fingerprint density at radius 3 is 2.63 bits per heavy atom. The molecule has 0 spiro atoms. The van der Waals surface area contributed by atoms with Crippen LogP contribution in [-0.2, 0) is 12.1 Å². The van der Waals surface area contributed by atoms with Crippen molar-refractivity contribution in [3.05, 3.63) is 52.8 Å². The minimum Gasteiger partial charge on any atom is -0.315 e. The number of ketones is 1. The molecular formula is C14H16ClN3O. The number of nitrogens with zero attached hydrogens (tertiary/aromatic N) is 2. The molecule has 0 saturated carbocycles. The van der Waals surface area contributed by atoms with E-state index in [1.165, 1.54) is 6.20 Å². The van der Waals surface area contributed by atoms with E-state index in [4.69, 9.17) is 17.3 Å². The fourth-order valence-electron chi connectivity index (χ4n) is 1.99. The predicted octanol–water partition coefficient (Wildman–Crippen LogP) is 2.61. The van der Waals surface area contributed by atoms with Gasteiger partial charge in [0.25, 0.3) is 0 Å². The number of aryl methyl sites for hydroxylation is 1. The lowest BCUT2D eigenvalue weighted by Gasteiger charge is -2.24. The maximum atomic E-state index is 12.7. The highest BCUT2D eigenvalue weighted by atomic mass is 35.5. The molecule has 0 aliphatic carbocycles. The Morgan fingerprint density at radius 2 is 2.05 bits per heavy atom. The van der Waals surface area contributed by atoms with Gasteiger partial charge < -0.3 is 5.73 Å². The van der Waals surface area contributed by atoms with Crippen LogP contribution in [-0.4, -0.2) is 15.6 Å². The van der Waals surface area contributed by atoms with Gasteiger partial charge in [-0.15, -0.1) is 0 Å². The summed E-state index contributed by atoms with van der Waals surface area (Å²) in [5.41, 5.74) is 6.20. The molecule has 1 aromatic carbocycles. The number of halogens is 1. The van der Waals surface area contributed by atoms with Crippen LogP contribution in [0.4, 0.5) is 0 Å². The highest BCUT2D eigenvalue weighted by Gasteiger charge is 2.34. The van der Waals surface area contributed by atoms with E-state index in [0.717, 1.165) is 5.56 Å². The summed E-state index contributed by atoms with van der Waals surface area (Å²) in [5.74, 6) is -0.233. The summed E-state index contributed by atoms with van der Waals surface area (Å²) in [7, 11) is 0. The van der Waals surface area contributed by atoms with Crippen molar-refractivity contribution in [2.75, 3.05) is 0 Å². The standard InChI is InChI=1S/C14H16ClN3O/c1-3-18-12(11(15)9-17-18)13(19)14(2,16)10-7-5-4-6-8-10/h4-9H,3,16H2,1-2H3. The molecular weight excluding hydrogens is 262 g/mol. The molecule has 19 heavy (non-hydrogen) atoms. The van der Waals surface area contributed by atoms with Crippen LogP contribution < -0.4 is 5.73 Å². The Bertz CT molecular complexity index is 590. The number of nitrogens with two attached hydrogens (primary N) is 1. The first kappa shape index (κ1) is 13.8. The molecule has 2 aromatic rings. The van der Waals surface area contributed by atoms with Crippen LogP contribution >= 0.6 is 11.6 Å². The van der Waals surface area contributed by atoms with Crippen molar-refractivity contribution in [2.45, 2.75) is 25.9 Å². The van der Waals surface area contributed by atoms with E-state index in [0.29, 0.717) is 17.3 Å². The zero-order chi connectivity index (χ0) is 14.0. The number of hydrogen-bond donors (Lipinski definition) is 1. The molecule has 5 heteroatoms. The number of hydrogen-bond acceptors (Lipinski definition) is 3. The van der Waals surface area contributed by atoms with Gasteiger partial charge in [0.1, 0.15) is 11.2 Å². The molecule has 1 atom stereocenters. The van der Waals surface area contributed by atoms with Gasteiger partial charge in [-0.1, -0.05) is 41.9 Å². The first-order valence-electron chi connectivity index (χ1n) is 6.09. The topological polar surface area (TPSA) is 60.9 Å². The van der Waals surface area contributed by atoms with Crippen LogP contribution in [0.1, 0.15) is 29.9 Å². The van der Waals surface area contributed by atoms with E-state index in [9.17, 15) is 4.79 Å². The summed E-state index contributed by atoms with van der Waals surface area (Å²) in [6.07, 6.45) is 1.47. The minimum atomic E-state index is -1.13. The maximum Gasteiger partial charge on any atom is 0.206 e. The number of aromatic nitrogens is 2. The summed E-state index contributed by atoms with van der Waals surface area (Å²) in [6.45, 7) is 4.16. The average Bonchev–Trinajstić information content (AvgIpc) is 2.79. The van der Waals surface area contributed by atoms with Gasteiger partial charge in [-0.25, -0.2) is 0 Å². The van der Waals surface area contributed by atoms with E-state index in [1.807, 2.05) is 37.3 Å². The molecule has 0 saturated heterocycles. The minimum absolute atomic E-state index is 0.233. The molecule has 2 rings (SSSR count). The average molecular weight is 278 g/mol. The molecule has 0 aliphatic heterocycles. The normalized spacial score (nSPS) is 14.1. The molecule has 1 unspecified atom stereocenters. The molecule has 0 bridgehead atoms. The van der Waals surface area contributed by atoms with E-state index in [1.54, 1.807) is 11.6 Å². The molecule has 2 N–H and O–H groups in total. The lowest BCUT2D eigenvalue weighted by molar-refractivity contribution is 0.0889. The predicted molar refractivity (Wildman–Crippen MR) is 75.2 cm³/mol. The van der Waals surface area contributed by atoms with Crippen molar-refractivity contribution < 1.29 is 4.79 Å². The second-order valence-corrected chi connectivity index (χ2v) is 4.96. The lowest BCUT2D eigenvalue weighted by Crippen LogP contribution is -2.43. The third kappa shape index (κ3) is 2.41. The summed E-state index contributed by atoms with van der Waals surface area (Å²) in [5, 5.41) is 4.40. The van der Waals surface area contributed by atoms with Crippen LogP contribution in [0, 0.1) is 0 Å². The van der Waals surface area contributed by atoms with Gasteiger partial charge in [0.05, 0.1) is 11.2 Å². The first-order chi connectivity index (χ1) is 8.98. The highest BCUT2D eigenvalue weighted by molar-refractivity contribution is 6.34. The molecule has 4 nitrogen and oxygen atoms in total. The summed E-state index contributed by atoms with van der Waals surface area (Å²) < 4.78 is 1.57. The van der Waals surface area contributed by atoms with Crippen LogP contribution in [0.15, 0.2) is 36.5 Å². The number of carbonyl (C=O) groups is 1. The van der Waals surface area contributed by atoms with E-state index in [2.05, 4.69) is 5.10 Å². The quantitative estimate of drug-likeness (QED) is 0.874. The zero-order valence-electron chi connectivity index (χ0n) is 10.9. The molecule has 0 aliphatic rings. The molecule has 100 valence electrons. The number of carbonyl (C=O) groups excluding carboxylic acids is 1. The molecule has 0 fully saturated rings. The van der Waals surface area contributed by atoms with Gasteiger partial charge in [-0.2, -0.15) is 5.10 Å². The Labute approximate surface area is 117 Å². The molecule has 0 radical (unpaired) electrons. The van der Waals surface area contributed by atoms with Crippen LogP contribution in [0.5, 0.6) is 0 Å². The third-order valence-corrected chi connectivity index (χ3v) is 3.43. The van der Waals surface area contributed by atoms with Gasteiger partial charge in [-0.3, -0.25) is 9.48 Å². The van der Waals surface area contributed by atoms with E-state index < -0.39 is 5.54 Å². The van der Waals surface area contributed by atoms with Crippen LogP contribution in [0.2, 0.25) is 5.02 Å². The van der Waals surface area contributed by atoms with Gasteiger partial charge in [-0.05, 0) is 19.4 Å². The zero-order valence-corrected chi connectivity index (χ0v) is 11.7. The molecule has 0 amide bonds. The van der Waals surface area contributed by atoms with Gasteiger partial charge >= 0.3 is 0 Å². The lowest BCUT2D eigenvalue weighted by atomic mass is 9.87. The number of benzene rings is 1.